The van der Waals surface area contributed by atoms with Crippen molar-refractivity contribution >= 4 is 22.7 Å². The summed E-state index contributed by atoms with van der Waals surface area (Å²) in [7, 11) is 0. The molecular weight excluding hydrogens is 572 g/mol. The third-order valence-corrected chi connectivity index (χ3v) is 5.95. The molecule has 0 unspecified atom stereocenters. The molecule has 1 aliphatic rings. The summed E-state index contributed by atoms with van der Waals surface area (Å²) < 4.78 is 34.6. The molecule has 3 aromatic carbocycles. The van der Waals surface area contributed by atoms with E-state index in [-0.39, 0.29) is 39.6 Å². The van der Waals surface area contributed by atoms with Crippen LogP contribution in [0.25, 0.3) is 0 Å². The van der Waals surface area contributed by atoms with Crippen molar-refractivity contribution in [2.24, 2.45) is 0 Å². The molecular formula is C27H28N4O12. The summed E-state index contributed by atoms with van der Waals surface area (Å²) in [6, 6.07) is 13.9. The maximum atomic E-state index is 11.9. The summed E-state index contributed by atoms with van der Waals surface area (Å²) in [5.41, 5.74) is -3.06. The predicted octanol–water partition coefficient (Wildman–Crippen LogP) is 4.15. The zero-order chi connectivity index (χ0) is 30.6. The van der Waals surface area contributed by atoms with Crippen LogP contribution in [0.5, 0.6) is 23.0 Å². The fourth-order valence-electron chi connectivity index (χ4n) is 3.98. The van der Waals surface area contributed by atoms with E-state index in [1.54, 1.807) is 48.5 Å². The highest BCUT2D eigenvalue weighted by molar-refractivity contribution is 5.77. The minimum Gasteiger partial charge on any atom is -0.487 e. The number of para-hydroxylation sites is 4. The van der Waals surface area contributed by atoms with Crippen molar-refractivity contribution in [3.63, 3.8) is 0 Å². The van der Waals surface area contributed by atoms with Gasteiger partial charge in [0.2, 0.25) is 0 Å². The van der Waals surface area contributed by atoms with Crippen LogP contribution in [0, 0.1) is 30.3 Å². The molecule has 3 aromatic rings. The smallest absolute Gasteiger partial charge is 0.306 e. The molecule has 0 aromatic heterocycles. The Hall–Kier alpha value is -5.22. The lowest BCUT2D eigenvalue weighted by Gasteiger charge is -2.22. The first-order valence-electron chi connectivity index (χ1n) is 13.1. The van der Waals surface area contributed by atoms with Crippen molar-refractivity contribution < 1.29 is 43.2 Å². The quantitative estimate of drug-likeness (QED) is 0.324. The average Bonchev–Trinajstić information content (AvgIpc) is 2.99. The van der Waals surface area contributed by atoms with Crippen molar-refractivity contribution in [1.29, 1.82) is 0 Å². The van der Waals surface area contributed by atoms with Crippen LogP contribution in [0.3, 0.4) is 0 Å². The number of hydrogen-bond donors (Lipinski definition) is 1. The highest BCUT2D eigenvalue weighted by Crippen LogP contribution is 2.39. The van der Waals surface area contributed by atoms with Crippen molar-refractivity contribution in [1.82, 2.24) is 0 Å². The normalized spacial score (nSPS) is 15.3. The van der Waals surface area contributed by atoms with Crippen LogP contribution in [-0.2, 0) is 9.47 Å². The molecule has 0 radical (unpaired) electrons. The Labute approximate surface area is 244 Å². The highest BCUT2D eigenvalue weighted by atomic mass is 16.6. The van der Waals surface area contributed by atoms with Crippen molar-refractivity contribution in [3.8, 4) is 23.0 Å². The molecule has 0 aliphatic carbocycles. The highest BCUT2D eigenvalue weighted by Gasteiger charge is 2.32. The molecule has 16 nitrogen and oxygen atoms in total. The van der Waals surface area contributed by atoms with Crippen LogP contribution in [0.4, 0.5) is 22.7 Å². The van der Waals surface area contributed by atoms with E-state index < -0.39 is 43.6 Å². The van der Waals surface area contributed by atoms with Crippen LogP contribution in [0.2, 0.25) is 0 Å². The summed E-state index contributed by atoms with van der Waals surface area (Å²) >= 11 is 0. The third-order valence-electron chi connectivity index (χ3n) is 5.95. The zero-order valence-electron chi connectivity index (χ0n) is 22.7. The number of non-ortho nitro benzene ring substituents is 1. The molecule has 1 heterocycles. The van der Waals surface area contributed by atoms with Gasteiger partial charge < -0.3 is 33.7 Å². The number of benzene rings is 3. The third kappa shape index (κ3) is 8.64. The first-order valence-corrected chi connectivity index (χ1v) is 13.1. The van der Waals surface area contributed by atoms with Gasteiger partial charge in [-0.15, -0.1) is 0 Å². The standard InChI is InChI=1S/C27H28N4O12/c32-29(33)20-15-21(30(34)35)27(22(16-20)31(36)37)28-19-17-42-25-7-3-1-5-23(25)40-13-11-38-9-10-39-12-14-41-24-6-2-4-8-26(24)43-18-19/h1-8,15-16,19,28H,9-14,17-18H2. The molecule has 0 saturated carbocycles. The van der Waals surface area contributed by atoms with Gasteiger partial charge in [0.05, 0.1) is 59.4 Å². The van der Waals surface area contributed by atoms with Crippen LogP contribution >= 0.6 is 0 Å². The minimum atomic E-state index is -0.950. The van der Waals surface area contributed by atoms with Gasteiger partial charge in [0.15, 0.2) is 28.7 Å². The molecule has 228 valence electrons. The first kappa shape index (κ1) is 30.7. The van der Waals surface area contributed by atoms with Gasteiger partial charge in [0.25, 0.3) is 5.69 Å². The van der Waals surface area contributed by atoms with Crippen LogP contribution in [-0.4, -0.2) is 73.7 Å². The van der Waals surface area contributed by atoms with E-state index in [1.807, 2.05) is 0 Å². The number of fused-ring (bicyclic) bond motifs is 2. The second kappa shape index (κ2) is 15.1. The van der Waals surface area contributed by atoms with Gasteiger partial charge in [-0.25, -0.2) is 0 Å². The molecule has 16 heteroatoms. The molecule has 0 atom stereocenters. The number of anilines is 1. The minimum absolute atomic E-state index is 0.209. The second-order valence-electron chi connectivity index (χ2n) is 8.91. The molecule has 0 bridgehead atoms. The maximum Gasteiger partial charge on any atom is 0.306 e. The monoisotopic (exact) mass is 600 g/mol. The van der Waals surface area contributed by atoms with Gasteiger partial charge >= 0.3 is 11.4 Å². The molecule has 0 spiro atoms. The number of nitro groups is 3. The van der Waals surface area contributed by atoms with E-state index in [2.05, 4.69) is 5.32 Å². The number of nitrogens with one attached hydrogen (secondary N) is 1. The van der Waals surface area contributed by atoms with Crippen LogP contribution in [0.1, 0.15) is 0 Å². The molecule has 0 saturated heterocycles. The second-order valence-corrected chi connectivity index (χ2v) is 8.91. The number of ether oxygens (including phenoxy) is 6. The lowest BCUT2D eigenvalue weighted by Crippen LogP contribution is -2.34. The van der Waals surface area contributed by atoms with Gasteiger partial charge in [-0.05, 0) is 24.3 Å². The van der Waals surface area contributed by atoms with Crippen LogP contribution < -0.4 is 24.3 Å². The number of nitro benzene ring substituents is 3. The van der Waals surface area contributed by atoms with Crippen molar-refractivity contribution in [2.75, 3.05) is 58.2 Å². The number of rotatable bonds is 5. The van der Waals surface area contributed by atoms with E-state index in [0.717, 1.165) is 0 Å². The fraction of sp³-hybridized carbons (Fsp3) is 0.333. The summed E-state index contributed by atoms with van der Waals surface area (Å²) in [5.74, 6) is 1.44. The Kier molecular flexibility index (Phi) is 10.8. The summed E-state index contributed by atoms with van der Waals surface area (Å²) in [4.78, 5) is 32.2. The van der Waals surface area contributed by atoms with Crippen LogP contribution in [0.15, 0.2) is 60.7 Å². The molecule has 43 heavy (non-hydrogen) atoms. The topological polar surface area (TPSA) is 197 Å². The molecule has 1 aliphatic heterocycles. The lowest BCUT2D eigenvalue weighted by atomic mass is 10.1. The van der Waals surface area contributed by atoms with Crippen molar-refractivity contribution in [2.45, 2.75) is 6.04 Å². The Morgan fingerprint density at radius 3 is 1.37 bits per heavy atom. The Morgan fingerprint density at radius 2 is 0.977 bits per heavy atom. The molecule has 4 rings (SSSR count). The lowest BCUT2D eigenvalue weighted by molar-refractivity contribution is -0.401. The Balaban J connectivity index is 1.67. The van der Waals surface area contributed by atoms with Gasteiger partial charge in [-0.2, -0.15) is 0 Å². The van der Waals surface area contributed by atoms with Gasteiger partial charge in [-0.3, -0.25) is 30.3 Å². The zero-order valence-corrected chi connectivity index (χ0v) is 22.7. The van der Waals surface area contributed by atoms with E-state index >= 15 is 0 Å². The number of hydrogen-bond acceptors (Lipinski definition) is 13. The molecule has 0 fully saturated rings. The molecule has 1 N–H and O–H groups in total. The Bertz CT molecular complexity index is 1340. The SMILES string of the molecule is O=[N+]([O-])c1cc([N+](=O)[O-])c(NC2COc3ccccc3OCCOCCOCCOc3ccccc3OC2)c([N+](=O)[O-])c1. The van der Waals surface area contributed by atoms with E-state index in [4.69, 9.17) is 28.4 Å². The molecule has 0 amide bonds. The fourth-order valence-corrected chi connectivity index (χ4v) is 3.98. The Morgan fingerprint density at radius 1 is 0.581 bits per heavy atom. The largest absolute Gasteiger partial charge is 0.487 e. The van der Waals surface area contributed by atoms with E-state index in [1.165, 1.54) is 0 Å². The van der Waals surface area contributed by atoms with E-state index in [0.29, 0.717) is 48.3 Å². The van der Waals surface area contributed by atoms with Gasteiger partial charge in [-0.1, -0.05) is 24.3 Å². The van der Waals surface area contributed by atoms with Gasteiger partial charge in [0, 0.05) is 0 Å². The summed E-state index contributed by atoms with van der Waals surface area (Å²) in [6.45, 7) is 1.29. The summed E-state index contributed by atoms with van der Waals surface area (Å²) in [5, 5.41) is 37.8. The summed E-state index contributed by atoms with van der Waals surface area (Å²) in [6.07, 6.45) is 0. The first-order chi connectivity index (χ1) is 20.8. The maximum absolute atomic E-state index is 11.9. The van der Waals surface area contributed by atoms with E-state index in [9.17, 15) is 30.3 Å². The predicted molar refractivity (Wildman–Crippen MR) is 150 cm³/mol. The van der Waals surface area contributed by atoms with Crippen molar-refractivity contribution in [3.05, 3.63) is 91.0 Å². The van der Waals surface area contributed by atoms with Gasteiger partial charge in [0.1, 0.15) is 26.4 Å². The number of nitrogens with zero attached hydrogens (tertiary/aromatic N) is 3. The average molecular weight is 601 g/mol.